The molecule has 0 spiro atoms. The van der Waals surface area contributed by atoms with Crippen LogP contribution in [0.25, 0.3) is 11.3 Å². The van der Waals surface area contributed by atoms with Crippen molar-refractivity contribution in [1.29, 1.82) is 0 Å². The quantitative estimate of drug-likeness (QED) is 0.600. The second kappa shape index (κ2) is 9.38. The molecule has 0 bridgehead atoms. The molecule has 0 radical (unpaired) electrons. The first kappa shape index (κ1) is 20.5. The van der Waals surface area contributed by atoms with Crippen LogP contribution in [0.2, 0.25) is 0 Å². The van der Waals surface area contributed by atoms with E-state index in [1.807, 2.05) is 12.1 Å². The molecule has 0 saturated carbocycles. The van der Waals surface area contributed by atoms with Crippen LogP contribution in [0.15, 0.2) is 64.3 Å². The number of hydrogen-bond acceptors (Lipinski definition) is 6. The molecule has 9 nitrogen and oxygen atoms in total. The maximum atomic E-state index is 12.6. The molecular formula is C22H23N5O4. The highest BCUT2D eigenvalue weighted by Gasteiger charge is 2.25. The van der Waals surface area contributed by atoms with Gasteiger partial charge >= 0.3 is 0 Å². The average molecular weight is 421 g/mol. The van der Waals surface area contributed by atoms with Crippen LogP contribution in [0.4, 0.5) is 0 Å². The molecule has 2 amide bonds. The van der Waals surface area contributed by atoms with Crippen LogP contribution in [-0.4, -0.2) is 62.6 Å². The molecule has 1 aliphatic rings. The summed E-state index contributed by atoms with van der Waals surface area (Å²) in [4.78, 5) is 44.4. The first-order valence-corrected chi connectivity index (χ1v) is 10.2. The van der Waals surface area contributed by atoms with Crippen molar-refractivity contribution in [1.82, 2.24) is 24.6 Å². The number of carbonyl (C=O) groups excluding carboxylic acids is 2. The van der Waals surface area contributed by atoms with Crippen LogP contribution in [-0.2, 0) is 11.3 Å². The van der Waals surface area contributed by atoms with Crippen molar-refractivity contribution >= 4 is 11.8 Å². The summed E-state index contributed by atoms with van der Waals surface area (Å²) < 4.78 is 6.55. The molecule has 1 aliphatic heterocycles. The van der Waals surface area contributed by atoms with E-state index in [9.17, 15) is 14.4 Å². The Bertz CT molecular complexity index is 1090. The van der Waals surface area contributed by atoms with E-state index >= 15 is 0 Å². The fourth-order valence-corrected chi connectivity index (χ4v) is 3.54. The molecule has 0 aliphatic carbocycles. The van der Waals surface area contributed by atoms with E-state index in [2.05, 4.69) is 10.1 Å². The largest absolute Gasteiger partial charge is 0.459 e. The minimum absolute atomic E-state index is 0.0171. The number of furan rings is 1. The van der Waals surface area contributed by atoms with Gasteiger partial charge in [-0.05, 0) is 36.8 Å². The topological polar surface area (TPSA) is 102 Å². The summed E-state index contributed by atoms with van der Waals surface area (Å²) in [5, 5.41) is 4.40. The smallest absolute Gasteiger partial charge is 0.289 e. The molecule has 9 heteroatoms. The van der Waals surface area contributed by atoms with Crippen molar-refractivity contribution < 1.29 is 14.0 Å². The first-order chi connectivity index (χ1) is 15.1. The number of nitrogens with zero attached hydrogens (tertiary/aromatic N) is 5. The van der Waals surface area contributed by atoms with E-state index in [-0.39, 0.29) is 17.4 Å². The summed E-state index contributed by atoms with van der Waals surface area (Å²) in [6, 6.07) is 10.1. The van der Waals surface area contributed by atoms with Crippen molar-refractivity contribution in [3.8, 4) is 11.3 Å². The molecule has 0 N–H and O–H groups in total. The van der Waals surface area contributed by atoms with Gasteiger partial charge in [0, 0.05) is 63.2 Å². The van der Waals surface area contributed by atoms with Crippen molar-refractivity contribution in [3.05, 3.63) is 71.2 Å². The number of piperazine rings is 1. The summed E-state index contributed by atoms with van der Waals surface area (Å²) >= 11 is 0. The van der Waals surface area contributed by atoms with Crippen molar-refractivity contribution in [3.63, 3.8) is 0 Å². The molecule has 4 heterocycles. The van der Waals surface area contributed by atoms with E-state index in [4.69, 9.17) is 4.42 Å². The predicted octanol–water partition coefficient (Wildman–Crippen LogP) is 1.66. The Morgan fingerprint density at radius 2 is 1.71 bits per heavy atom. The summed E-state index contributed by atoms with van der Waals surface area (Å²) in [6.45, 7) is 2.28. The van der Waals surface area contributed by atoms with Gasteiger partial charge in [-0.15, -0.1) is 0 Å². The molecule has 3 aromatic heterocycles. The van der Waals surface area contributed by atoms with E-state index in [0.717, 1.165) is 5.56 Å². The molecular weight excluding hydrogens is 398 g/mol. The molecule has 0 aromatic carbocycles. The lowest BCUT2D eigenvalue weighted by Crippen LogP contribution is -2.50. The van der Waals surface area contributed by atoms with Crippen LogP contribution in [0.3, 0.4) is 0 Å². The number of pyridine rings is 1. The number of amides is 2. The third-order valence-corrected chi connectivity index (χ3v) is 5.25. The standard InChI is InChI=1S/C22H23N5O4/c28-20(25-12-14-26(15-13-25)22(30)19-3-2-16-31-19)4-1-11-27-21(29)6-5-18(24-27)17-7-9-23-10-8-17/h2-3,5-10,16H,1,4,11-15H2. The Balaban J connectivity index is 1.27. The SMILES string of the molecule is O=C(CCCn1nc(-c2ccncc2)ccc1=O)N1CCN(C(=O)c2ccco2)CC1. The summed E-state index contributed by atoms with van der Waals surface area (Å²) in [7, 11) is 0. The summed E-state index contributed by atoms with van der Waals surface area (Å²) in [6.07, 6.45) is 5.65. The van der Waals surface area contributed by atoms with Crippen LogP contribution in [0.5, 0.6) is 0 Å². The highest BCUT2D eigenvalue weighted by atomic mass is 16.3. The third-order valence-electron chi connectivity index (χ3n) is 5.25. The Labute approximate surface area is 178 Å². The lowest BCUT2D eigenvalue weighted by atomic mass is 10.2. The number of carbonyl (C=O) groups is 2. The van der Waals surface area contributed by atoms with Gasteiger partial charge in [-0.3, -0.25) is 19.4 Å². The van der Waals surface area contributed by atoms with Gasteiger partial charge in [0.15, 0.2) is 5.76 Å². The van der Waals surface area contributed by atoms with Gasteiger partial charge in [-0.1, -0.05) is 0 Å². The van der Waals surface area contributed by atoms with E-state index in [1.165, 1.54) is 17.0 Å². The zero-order chi connectivity index (χ0) is 21.6. The van der Waals surface area contributed by atoms with Crippen LogP contribution >= 0.6 is 0 Å². The van der Waals surface area contributed by atoms with Gasteiger partial charge in [0.05, 0.1) is 12.0 Å². The Kier molecular flexibility index (Phi) is 6.21. The fourth-order valence-electron chi connectivity index (χ4n) is 3.54. The monoisotopic (exact) mass is 421 g/mol. The van der Waals surface area contributed by atoms with Gasteiger partial charge in [-0.2, -0.15) is 5.10 Å². The Morgan fingerprint density at radius 3 is 2.42 bits per heavy atom. The summed E-state index contributed by atoms with van der Waals surface area (Å²) in [5.74, 6) is 0.173. The van der Waals surface area contributed by atoms with E-state index in [1.54, 1.807) is 40.4 Å². The number of aromatic nitrogens is 3. The maximum Gasteiger partial charge on any atom is 0.289 e. The normalized spacial score (nSPS) is 13.9. The highest BCUT2D eigenvalue weighted by molar-refractivity contribution is 5.91. The maximum absolute atomic E-state index is 12.6. The number of rotatable bonds is 6. The van der Waals surface area contributed by atoms with Crippen molar-refractivity contribution in [2.24, 2.45) is 0 Å². The molecule has 31 heavy (non-hydrogen) atoms. The molecule has 0 atom stereocenters. The van der Waals surface area contributed by atoms with E-state index < -0.39 is 0 Å². The molecule has 1 fully saturated rings. The third kappa shape index (κ3) is 4.88. The average Bonchev–Trinajstić information content (AvgIpc) is 3.35. The van der Waals surface area contributed by atoms with Gasteiger partial charge in [0.1, 0.15) is 0 Å². The molecule has 3 aromatic rings. The molecule has 1 saturated heterocycles. The van der Waals surface area contributed by atoms with Crippen LogP contribution in [0.1, 0.15) is 23.4 Å². The van der Waals surface area contributed by atoms with Crippen LogP contribution in [0, 0.1) is 0 Å². The van der Waals surface area contributed by atoms with Gasteiger partial charge in [0.25, 0.3) is 11.5 Å². The Morgan fingerprint density at radius 1 is 0.968 bits per heavy atom. The van der Waals surface area contributed by atoms with E-state index in [0.29, 0.717) is 57.0 Å². The zero-order valence-corrected chi connectivity index (χ0v) is 17.0. The molecule has 160 valence electrons. The zero-order valence-electron chi connectivity index (χ0n) is 17.0. The predicted molar refractivity (Wildman–Crippen MR) is 112 cm³/mol. The van der Waals surface area contributed by atoms with Gasteiger partial charge in [0.2, 0.25) is 5.91 Å². The second-order valence-electron chi connectivity index (χ2n) is 7.27. The highest BCUT2D eigenvalue weighted by Crippen LogP contribution is 2.14. The fraction of sp³-hybridized carbons (Fsp3) is 0.318. The molecule has 0 unspecified atom stereocenters. The van der Waals surface area contributed by atoms with Gasteiger partial charge < -0.3 is 14.2 Å². The lowest BCUT2D eigenvalue weighted by Gasteiger charge is -2.34. The lowest BCUT2D eigenvalue weighted by molar-refractivity contribution is -0.132. The minimum Gasteiger partial charge on any atom is -0.459 e. The summed E-state index contributed by atoms with van der Waals surface area (Å²) in [5.41, 5.74) is 1.36. The van der Waals surface area contributed by atoms with Gasteiger partial charge in [-0.25, -0.2) is 4.68 Å². The minimum atomic E-state index is -0.199. The number of hydrogen-bond donors (Lipinski definition) is 0. The Hall–Kier alpha value is -3.75. The van der Waals surface area contributed by atoms with Crippen molar-refractivity contribution in [2.75, 3.05) is 26.2 Å². The number of aryl methyl sites for hydroxylation is 1. The first-order valence-electron chi connectivity index (χ1n) is 10.2. The van der Waals surface area contributed by atoms with Crippen LogP contribution < -0.4 is 5.56 Å². The second-order valence-corrected chi connectivity index (χ2v) is 7.27. The van der Waals surface area contributed by atoms with Crippen molar-refractivity contribution in [2.45, 2.75) is 19.4 Å². The molecule has 4 rings (SSSR count).